The average molecular weight is 651 g/mol. The summed E-state index contributed by atoms with van der Waals surface area (Å²) >= 11 is 0. The summed E-state index contributed by atoms with van der Waals surface area (Å²) < 4.78 is 0. The smallest absolute Gasteiger partial charge is 0.160 e. The van der Waals surface area contributed by atoms with Crippen LogP contribution in [0.15, 0.2) is 170 Å². The van der Waals surface area contributed by atoms with Crippen molar-refractivity contribution in [3.63, 3.8) is 0 Å². The highest BCUT2D eigenvalue weighted by molar-refractivity contribution is 6.14. The number of hydrogen-bond donors (Lipinski definition) is 0. The van der Waals surface area contributed by atoms with E-state index in [1.54, 1.807) is 0 Å². The standard InChI is InChI=1S/C49H34N2/c1-49(2)42-24-12-23-40(47(42)41-28-34-16-6-7-17-35(34)29-43(41)49)45-30-44(50-48(51-45)33-14-4-3-5-15-33)37-20-10-19-36(27-37)39-22-11-18-32-26-25-31-13-8-9-21-38(31)46(32)39/h3-30H,1-2H3. The second kappa shape index (κ2) is 11.3. The Balaban J connectivity index is 1.19. The Morgan fingerprint density at radius 1 is 0.392 bits per heavy atom. The molecule has 10 rings (SSSR count). The van der Waals surface area contributed by atoms with Crippen LogP contribution in [0.1, 0.15) is 25.0 Å². The summed E-state index contributed by atoms with van der Waals surface area (Å²) in [7, 11) is 0. The highest BCUT2D eigenvalue weighted by Gasteiger charge is 2.37. The maximum atomic E-state index is 5.30. The van der Waals surface area contributed by atoms with Crippen LogP contribution in [0.4, 0.5) is 0 Å². The van der Waals surface area contributed by atoms with E-state index in [1.807, 2.05) is 6.07 Å². The van der Waals surface area contributed by atoms with Crippen LogP contribution in [0, 0.1) is 0 Å². The minimum absolute atomic E-state index is 0.139. The Kier molecular flexibility index (Phi) is 6.56. The first kappa shape index (κ1) is 29.5. The summed E-state index contributed by atoms with van der Waals surface area (Å²) in [5.74, 6) is 0.721. The van der Waals surface area contributed by atoms with Gasteiger partial charge in [0.1, 0.15) is 0 Å². The van der Waals surface area contributed by atoms with Gasteiger partial charge in [-0.1, -0.05) is 159 Å². The van der Waals surface area contributed by atoms with Crippen LogP contribution in [0.2, 0.25) is 0 Å². The van der Waals surface area contributed by atoms with Crippen LogP contribution in [0.3, 0.4) is 0 Å². The van der Waals surface area contributed by atoms with E-state index in [0.717, 1.165) is 33.9 Å². The van der Waals surface area contributed by atoms with E-state index in [9.17, 15) is 0 Å². The average Bonchev–Trinajstić information content (AvgIpc) is 3.42. The van der Waals surface area contributed by atoms with E-state index in [2.05, 4.69) is 178 Å². The maximum absolute atomic E-state index is 5.30. The molecule has 1 heterocycles. The van der Waals surface area contributed by atoms with Gasteiger partial charge in [0.05, 0.1) is 11.4 Å². The molecule has 1 aromatic heterocycles. The predicted molar refractivity (Wildman–Crippen MR) is 214 cm³/mol. The van der Waals surface area contributed by atoms with E-state index in [-0.39, 0.29) is 5.41 Å². The van der Waals surface area contributed by atoms with Crippen LogP contribution < -0.4 is 0 Å². The number of nitrogens with zero attached hydrogens (tertiary/aromatic N) is 2. The van der Waals surface area contributed by atoms with Crippen LogP contribution in [-0.2, 0) is 5.41 Å². The SMILES string of the molecule is CC1(C)c2cc3ccccc3cc2-c2c(-c3cc(-c4cccc(-c5cccc6ccc7ccccc7c56)c4)nc(-c4ccccc4)n3)cccc21. The van der Waals surface area contributed by atoms with Crippen LogP contribution >= 0.6 is 0 Å². The summed E-state index contributed by atoms with van der Waals surface area (Å²) in [6.07, 6.45) is 0. The minimum atomic E-state index is -0.139. The van der Waals surface area contributed by atoms with E-state index in [1.165, 1.54) is 65.7 Å². The van der Waals surface area contributed by atoms with Crippen molar-refractivity contribution in [2.45, 2.75) is 19.3 Å². The van der Waals surface area contributed by atoms with Gasteiger partial charge in [0.15, 0.2) is 5.82 Å². The molecule has 0 fully saturated rings. The Morgan fingerprint density at radius 2 is 1.02 bits per heavy atom. The first-order chi connectivity index (χ1) is 25.0. The third-order valence-electron chi connectivity index (χ3n) is 10.8. The summed E-state index contributed by atoms with van der Waals surface area (Å²) in [5, 5.41) is 7.54. The van der Waals surface area contributed by atoms with Crippen LogP contribution in [0.25, 0.3) is 88.5 Å². The Morgan fingerprint density at radius 3 is 1.88 bits per heavy atom. The van der Waals surface area contributed by atoms with Crippen LogP contribution in [-0.4, -0.2) is 9.97 Å². The molecule has 0 saturated carbocycles. The van der Waals surface area contributed by atoms with Crippen molar-refractivity contribution in [2.75, 3.05) is 0 Å². The van der Waals surface area contributed by atoms with E-state index in [0.29, 0.717) is 0 Å². The molecule has 0 atom stereocenters. The number of aromatic nitrogens is 2. The topological polar surface area (TPSA) is 25.8 Å². The number of hydrogen-bond acceptors (Lipinski definition) is 2. The van der Waals surface area contributed by atoms with Gasteiger partial charge in [-0.2, -0.15) is 0 Å². The molecule has 0 spiro atoms. The van der Waals surface area contributed by atoms with Gasteiger partial charge in [0, 0.05) is 22.1 Å². The lowest BCUT2D eigenvalue weighted by molar-refractivity contribution is 0.661. The molecule has 1 aliphatic rings. The third kappa shape index (κ3) is 4.71. The van der Waals surface area contributed by atoms with Crippen molar-refractivity contribution >= 4 is 32.3 Å². The number of fused-ring (bicyclic) bond motifs is 7. The molecule has 1 aliphatic carbocycles. The van der Waals surface area contributed by atoms with Crippen LogP contribution in [0.5, 0.6) is 0 Å². The lowest BCUT2D eigenvalue weighted by Gasteiger charge is -2.22. The summed E-state index contributed by atoms with van der Waals surface area (Å²) in [5.41, 5.74) is 12.5. The molecule has 0 amide bonds. The van der Waals surface area contributed by atoms with Gasteiger partial charge in [-0.3, -0.25) is 0 Å². The molecule has 0 unspecified atom stereocenters. The minimum Gasteiger partial charge on any atom is -0.228 e. The zero-order valence-electron chi connectivity index (χ0n) is 28.6. The fourth-order valence-electron chi connectivity index (χ4n) is 8.28. The molecule has 9 aromatic rings. The monoisotopic (exact) mass is 650 g/mol. The van der Waals surface area contributed by atoms with Crippen molar-refractivity contribution in [3.05, 3.63) is 181 Å². The Bertz CT molecular complexity index is 2830. The second-order valence-corrected chi connectivity index (χ2v) is 14.2. The largest absolute Gasteiger partial charge is 0.228 e. The molecule has 0 saturated heterocycles. The molecule has 51 heavy (non-hydrogen) atoms. The summed E-state index contributed by atoms with van der Waals surface area (Å²) in [6.45, 7) is 4.69. The van der Waals surface area contributed by atoms with E-state index >= 15 is 0 Å². The van der Waals surface area contributed by atoms with Gasteiger partial charge in [-0.25, -0.2) is 9.97 Å². The fraction of sp³-hybridized carbons (Fsp3) is 0.0612. The highest BCUT2D eigenvalue weighted by Crippen LogP contribution is 2.53. The van der Waals surface area contributed by atoms with Crippen molar-refractivity contribution in [1.82, 2.24) is 9.97 Å². The zero-order valence-corrected chi connectivity index (χ0v) is 28.6. The predicted octanol–water partition coefficient (Wildman–Crippen LogP) is 12.9. The molecule has 0 radical (unpaired) electrons. The third-order valence-corrected chi connectivity index (χ3v) is 10.8. The molecular formula is C49H34N2. The molecule has 8 aromatic carbocycles. The molecule has 2 nitrogen and oxygen atoms in total. The van der Waals surface area contributed by atoms with Gasteiger partial charge in [0.2, 0.25) is 0 Å². The number of rotatable bonds is 4. The first-order valence-corrected chi connectivity index (χ1v) is 17.7. The fourth-order valence-corrected chi connectivity index (χ4v) is 8.28. The van der Waals surface area contributed by atoms with Gasteiger partial charge in [-0.05, 0) is 90.0 Å². The zero-order chi connectivity index (χ0) is 34.1. The Hall–Kier alpha value is -6.38. The second-order valence-electron chi connectivity index (χ2n) is 14.2. The van der Waals surface area contributed by atoms with E-state index < -0.39 is 0 Å². The molecule has 0 bridgehead atoms. The summed E-state index contributed by atoms with van der Waals surface area (Å²) in [6, 6.07) is 61.2. The van der Waals surface area contributed by atoms with Gasteiger partial charge in [-0.15, -0.1) is 0 Å². The maximum Gasteiger partial charge on any atom is 0.160 e. The van der Waals surface area contributed by atoms with Gasteiger partial charge < -0.3 is 0 Å². The van der Waals surface area contributed by atoms with Gasteiger partial charge in [0.25, 0.3) is 0 Å². The van der Waals surface area contributed by atoms with Crippen molar-refractivity contribution in [2.24, 2.45) is 0 Å². The first-order valence-electron chi connectivity index (χ1n) is 17.7. The lowest BCUT2D eigenvalue weighted by Crippen LogP contribution is -2.14. The van der Waals surface area contributed by atoms with Crippen molar-refractivity contribution in [1.29, 1.82) is 0 Å². The molecular weight excluding hydrogens is 617 g/mol. The Labute approximate surface area is 297 Å². The number of benzene rings is 8. The molecule has 240 valence electrons. The van der Waals surface area contributed by atoms with Crippen molar-refractivity contribution in [3.8, 4) is 56.2 Å². The molecule has 2 heteroatoms. The highest BCUT2D eigenvalue weighted by atomic mass is 14.9. The van der Waals surface area contributed by atoms with E-state index in [4.69, 9.17) is 9.97 Å². The quantitative estimate of drug-likeness (QED) is 0.177. The van der Waals surface area contributed by atoms with Crippen molar-refractivity contribution < 1.29 is 0 Å². The van der Waals surface area contributed by atoms with Gasteiger partial charge >= 0.3 is 0 Å². The molecule has 0 aliphatic heterocycles. The summed E-state index contributed by atoms with van der Waals surface area (Å²) in [4.78, 5) is 10.5. The lowest BCUT2D eigenvalue weighted by atomic mass is 9.81. The normalized spacial score (nSPS) is 13.1. The molecule has 0 N–H and O–H groups in total.